The van der Waals surface area contributed by atoms with Gasteiger partial charge in [-0.1, -0.05) is 19.9 Å². The Morgan fingerprint density at radius 2 is 1.80 bits per heavy atom. The van der Waals surface area contributed by atoms with Crippen molar-refractivity contribution >= 4 is 0 Å². The summed E-state index contributed by atoms with van der Waals surface area (Å²) >= 11 is 0. The van der Waals surface area contributed by atoms with Gasteiger partial charge in [0, 0.05) is 16.7 Å². The maximum atomic E-state index is 11.0. The smallest absolute Gasteiger partial charge is 0.0933 e. The lowest BCUT2D eigenvalue weighted by molar-refractivity contribution is -0.184. The van der Waals surface area contributed by atoms with Gasteiger partial charge in [-0.2, -0.15) is 0 Å². The van der Waals surface area contributed by atoms with Gasteiger partial charge >= 0.3 is 0 Å². The third-order valence-electron chi connectivity index (χ3n) is 9.04. The van der Waals surface area contributed by atoms with Crippen molar-refractivity contribution in [3.05, 3.63) is 11.6 Å². The molecule has 4 aliphatic rings. The molecule has 0 heterocycles. The van der Waals surface area contributed by atoms with Crippen molar-refractivity contribution in [1.82, 2.24) is 0 Å². The van der Waals surface area contributed by atoms with Gasteiger partial charge < -0.3 is 25.5 Å². The highest BCUT2D eigenvalue weighted by atomic mass is 16.3. The highest BCUT2D eigenvalue weighted by Crippen LogP contribution is 2.73. The highest BCUT2D eigenvalue weighted by molar-refractivity contribution is 5.38. The van der Waals surface area contributed by atoms with Crippen LogP contribution in [-0.4, -0.2) is 56.6 Å². The second-order valence-electron chi connectivity index (χ2n) is 9.68. The fourth-order valence-electron chi connectivity index (χ4n) is 7.27. The number of rotatable bonds is 2. The molecule has 5 nitrogen and oxygen atoms in total. The van der Waals surface area contributed by atoms with Crippen LogP contribution in [0.25, 0.3) is 0 Å². The Kier molecular flexibility index (Phi) is 3.80. The Hall–Kier alpha value is -0.460. The van der Waals surface area contributed by atoms with Crippen LogP contribution >= 0.6 is 0 Å². The Bertz CT molecular complexity index is 605. The third-order valence-corrected chi connectivity index (χ3v) is 9.04. The molecule has 25 heavy (non-hydrogen) atoms. The number of aliphatic hydroxyl groups is 5. The molecule has 2 bridgehead atoms. The molecule has 4 aliphatic carbocycles. The van der Waals surface area contributed by atoms with Crippen LogP contribution in [0.1, 0.15) is 52.4 Å². The molecule has 5 N–H and O–H groups in total. The van der Waals surface area contributed by atoms with E-state index < -0.39 is 23.2 Å². The average molecular weight is 352 g/mol. The summed E-state index contributed by atoms with van der Waals surface area (Å²) < 4.78 is 0. The minimum absolute atomic E-state index is 0.0414. The molecule has 0 aromatic carbocycles. The van der Waals surface area contributed by atoms with E-state index in [0.29, 0.717) is 19.3 Å². The van der Waals surface area contributed by atoms with Crippen molar-refractivity contribution in [3.8, 4) is 0 Å². The molecule has 3 fully saturated rings. The zero-order valence-electron chi connectivity index (χ0n) is 15.3. The van der Waals surface area contributed by atoms with E-state index in [1.807, 2.05) is 6.92 Å². The van der Waals surface area contributed by atoms with E-state index in [0.717, 1.165) is 24.8 Å². The molecule has 0 aromatic heterocycles. The number of fused-ring (bicyclic) bond motifs is 2. The van der Waals surface area contributed by atoms with Crippen LogP contribution in [0.5, 0.6) is 0 Å². The molecule has 8 unspecified atom stereocenters. The van der Waals surface area contributed by atoms with Crippen LogP contribution in [0, 0.1) is 28.1 Å². The molecular weight excluding hydrogens is 320 g/mol. The van der Waals surface area contributed by atoms with Crippen LogP contribution in [0.3, 0.4) is 0 Å². The summed E-state index contributed by atoms with van der Waals surface area (Å²) in [7, 11) is 0. The van der Waals surface area contributed by atoms with E-state index in [-0.39, 0.29) is 35.9 Å². The van der Waals surface area contributed by atoms with Crippen molar-refractivity contribution in [2.75, 3.05) is 13.2 Å². The molecule has 5 heteroatoms. The van der Waals surface area contributed by atoms with E-state index >= 15 is 0 Å². The zero-order valence-corrected chi connectivity index (χ0v) is 15.3. The molecule has 3 saturated carbocycles. The molecule has 0 saturated heterocycles. The lowest BCUT2D eigenvalue weighted by Gasteiger charge is -2.64. The fourth-order valence-corrected chi connectivity index (χ4v) is 7.27. The lowest BCUT2D eigenvalue weighted by atomic mass is 9.41. The highest BCUT2D eigenvalue weighted by Gasteiger charge is 2.70. The maximum Gasteiger partial charge on any atom is 0.0933 e. The predicted molar refractivity (Wildman–Crippen MR) is 92.5 cm³/mol. The van der Waals surface area contributed by atoms with Gasteiger partial charge in [-0.15, -0.1) is 0 Å². The topological polar surface area (TPSA) is 101 Å². The minimum Gasteiger partial charge on any atom is -0.396 e. The first-order valence-corrected chi connectivity index (χ1v) is 9.69. The summed E-state index contributed by atoms with van der Waals surface area (Å²) in [5, 5.41) is 52.2. The van der Waals surface area contributed by atoms with E-state index in [4.69, 9.17) is 0 Å². The SMILES string of the molecule is CC1(CO)C(O)CCC2(C)C1CC=C1C(O)C3CC12CCC3(O)CO. The van der Waals surface area contributed by atoms with Crippen molar-refractivity contribution < 1.29 is 25.5 Å². The maximum absolute atomic E-state index is 11.0. The number of hydrogen-bond donors (Lipinski definition) is 5. The second-order valence-corrected chi connectivity index (χ2v) is 9.68. The van der Waals surface area contributed by atoms with Crippen molar-refractivity contribution in [1.29, 1.82) is 0 Å². The molecule has 1 spiro atoms. The summed E-state index contributed by atoms with van der Waals surface area (Å²) in [5.41, 5.74) is -1.03. The zero-order chi connectivity index (χ0) is 18.3. The normalized spacial score (nSPS) is 57.6. The summed E-state index contributed by atoms with van der Waals surface area (Å²) in [4.78, 5) is 0. The summed E-state index contributed by atoms with van der Waals surface area (Å²) in [6, 6.07) is 0. The molecule has 0 radical (unpaired) electrons. The van der Waals surface area contributed by atoms with Gasteiger partial charge in [0.1, 0.15) is 0 Å². The predicted octanol–water partition coefficient (Wildman–Crippen LogP) is 0.977. The van der Waals surface area contributed by atoms with Crippen molar-refractivity contribution in [2.24, 2.45) is 28.1 Å². The summed E-state index contributed by atoms with van der Waals surface area (Å²) in [6.45, 7) is 3.90. The van der Waals surface area contributed by atoms with Gasteiger partial charge in [0.2, 0.25) is 0 Å². The second kappa shape index (κ2) is 5.29. The first kappa shape index (κ1) is 17.9. The largest absolute Gasteiger partial charge is 0.396 e. The first-order valence-electron chi connectivity index (χ1n) is 9.69. The fraction of sp³-hybridized carbons (Fsp3) is 0.900. The molecule has 0 amide bonds. The summed E-state index contributed by atoms with van der Waals surface area (Å²) in [5.74, 6) is -0.191. The number of hydrogen-bond acceptors (Lipinski definition) is 5. The van der Waals surface area contributed by atoms with E-state index in [2.05, 4.69) is 13.0 Å². The van der Waals surface area contributed by atoms with Gasteiger partial charge in [0.15, 0.2) is 0 Å². The number of aliphatic hydroxyl groups excluding tert-OH is 4. The Balaban J connectivity index is 1.82. The van der Waals surface area contributed by atoms with Gasteiger partial charge in [-0.25, -0.2) is 0 Å². The molecule has 4 rings (SSSR count). The van der Waals surface area contributed by atoms with Crippen LogP contribution in [-0.2, 0) is 0 Å². The van der Waals surface area contributed by atoms with Crippen LogP contribution in [0.2, 0.25) is 0 Å². The van der Waals surface area contributed by atoms with Gasteiger partial charge in [-0.3, -0.25) is 0 Å². The standard InChI is InChI=1S/C20H32O5/c1-17(10-21)14-4-3-12-16(24)13-9-19(12,7-8-20(13,25)11-22)18(14,2)6-5-15(17)23/h3,13-16,21-25H,4-11H2,1-2H3. The van der Waals surface area contributed by atoms with E-state index in [1.54, 1.807) is 0 Å². The molecule has 0 aromatic rings. The van der Waals surface area contributed by atoms with Crippen molar-refractivity contribution in [2.45, 2.75) is 70.2 Å². The molecule has 8 atom stereocenters. The van der Waals surface area contributed by atoms with Gasteiger partial charge in [0.05, 0.1) is 31.0 Å². The van der Waals surface area contributed by atoms with Crippen LogP contribution in [0.4, 0.5) is 0 Å². The number of allylic oxidation sites excluding steroid dienone is 1. The monoisotopic (exact) mass is 352 g/mol. The third kappa shape index (κ3) is 1.91. The lowest BCUT2D eigenvalue weighted by Crippen LogP contribution is -2.61. The van der Waals surface area contributed by atoms with E-state index in [1.165, 1.54) is 0 Å². The average Bonchev–Trinajstić information content (AvgIpc) is 2.87. The molecule has 142 valence electrons. The van der Waals surface area contributed by atoms with E-state index in [9.17, 15) is 25.5 Å². The molecule has 0 aliphatic heterocycles. The van der Waals surface area contributed by atoms with Gasteiger partial charge in [0.25, 0.3) is 0 Å². The van der Waals surface area contributed by atoms with Gasteiger partial charge in [-0.05, 0) is 55.4 Å². The van der Waals surface area contributed by atoms with Crippen LogP contribution < -0.4 is 0 Å². The Morgan fingerprint density at radius 3 is 2.44 bits per heavy atom. The quantitative estimate of drug-likeness (QED) is 0.477. The Labute approximate surface area is 149 Å². The van der Waals surface area contributed by atoms with Crippen LogP contribution in [0.15, 0.2) is 11.6 Å². The minimum atomic E-state index is -1.21. The van der Waals surface area contributed by atoms with Crippen molar-refractivity contribution in [3.63, 3.8) is 0 Å². The summed E-state index contributed by atoms with van der Waals surface area (Å²) in [6.07, 6.45) is 5.08. The molecular formula is C20H32O5. The first-order chi connectivity index (χ1) is 11.7. The Morgan fingerprint density at radius 1 is 1.08 bits per heavy atom.